The van der Waals surface area contributed by atoms with Crippen LogP contribution in [0.5, 0.6) is 0 Å². The predicted octanol–water partition coefficient (Wildman–Crippen LogP) is 0.384. The van der Waals surface area contributed by atoms with Gasteiger partial charge in [0.2, 0.25) is 0 Å². The van der Waals surface area contributed by atoms with Crippen LogP contribution in [-0.4, -0.2) is 65.1 Å². The predicted molar refractivity (Wildman–Crippen MR) is 58.3 cm³/mol. The van der Waals surface area contributed by atoms with E-state index < -0.39 is 21.1 Å². The molecular weight excluding hydrogens is 283 g/mol. The molecule has 0 N–H and O–H groups in total. The van der Waals surface area contributed by atoms with Gasteiger partial charge in [-0.05, 0) is 0 Å². The number of nitrogens with zero attached hydrogens (tertiary/aromatic N) is 2. The minimum atomic E-state index is -0.793. The van der Waals surface area contributed by atoms with E-state index in [1.165, 1.54) is 0 Å². The van der Waals surface area contributed by atoms with Gasteiger partial charge in [-0.25, -0.2) is 0 Å². The number of thiocarbonyl (C=S) groups is 2. The summed E-state index contributed by atoms with van der Waals surface area (Å²) in [5.41, 5.74) is 0. The molecule has 0 aliphatic rings. The van der Waals surface area contributed by atoms with E-state index in [0.717, 1.165) is 6.01 Å². The first-order chi connectivity index (χ1) is 4.95. The second-order valence-corrected chi connectivity index (χ2v) is 8.78. The van der Waals surface area contributed by atoms with Crippen molar-refractivity contribution in [2.45, 2.75) is 0 Å². The van der Waals surface area contributed by atoms with E-state index in [-0.39, 0.29) is 0 Å². The summed E-state index contributed by atoms with van der Waals surface area (Å²) in [6.45, 7) is 0. The van der Waals surface area contributed by atoms with Crippen molar-refractivity contribution in [3.05, 3.63) is 0 Å². The molecule has 0 heterocycles. The van der Waals surface area contributed by atoms with Crippen LogP contribution in [0.4, 0.5) is 0 Å². The molecule has 0 unspecified atom stereocenters. The quantitative estimate of drug-likeness (QED) is 0.536. The van der Waals surface area contributed by atoms with Crippen LogP contribution in [0, 0.1) is 0 Å². The molecule has 0 saturated heterocycles. The third-order valence-corrected chi connectivity index (χ3v) is 6.90. The van der Waals surface area contributed by atoms with Gasteiger partial charge in [0.05, 0.1) is 0 Å². The third kappa shape index (κ3) is 4.92. The van der Waals surface area contributed by atoms with Crippen molar-refractivity contribution in [2.75, 3.05) is 28.2 Å². The Morgan fingerprint density at radius 3 is 1.36 bits per heavy atom. The normalized spacial score (nSPS) is 9.09. The topological polar surface area (TPSA) is 6.48 Å². The minimum absolute atomic E-state index is 0.793. The van der Waals surface area contributed by atoms with Gasteiger partial charge in [-0.2, -0.15) is 0 Å². The van der Waals surface area contributed by atoms with Crippen molar-refractivity contribution >= 4 is 51.6 Å². The van der Waals surface area contributed by atoms with Crippen LogP contribution in [0.1, 0.15) is 0 Å². The summed E-state index contributed by atoms with van der Waals surface area (Å²) in [5, 5.41) is 0. The van der Waals surface area contributed by atoms with Crippen LogP contribution in [-0.2, 0) is 0 Å². The van der Waals surface area contributed by atoms with Crippen molar-refractivity contribution in [3.8, 4) is 0 Å². The summed E-state index contributed by atoms with van der Waals surface area (Å²) < 4.78 is 2.10. The Balaban J connectivity index is 3.86. The van der Waals surface area contributed by atoms with Gasteiger partial charge in [0, 0.05) is 0 Å². The molecule has 2 nitrogen and oxygen atoms in total. The van der Waals surface area contributed by atoms with Gasteiger partial charge in [-0.1, -0.05) is 0 Å². The molecule has 11 heavy (non-hydrogen) atoms. The maximum absolute atomic E-state index is 5.16. The number of hydrogen-bond acceptors (Lipinski definition) is 2. The first-order valence-electron chi connectivity index (χ1n) is 3.14. The molecule has 0 saturated carbocycles. The molecule has 0 aromatic carbocycles. The van der Waals surface area contributed by atoms with E-state index in [4.69, 9.17) is 24.4 Å². The van der Waals surface area contributed by atoms with Crippen LogP contribution < -0.4 is 0 Å². The molecule has 0 amide bonds. The van der Waals surface area contributed by atoms with Crippen LogP contribution in [0.25, 0.3) is 0 Å². The second-order valence-electron chi connectivity index (χ2n) is 2.52. The Kier molecular flexibility index (Phi) is 5.54. The fourth-order valence-electron chi connectivity index (χ4n) is 0.315. The van der Waals surface area contributed by atoms with Crippen LogP contribution in [0.2, 0.25) is 0 Å². The zero-order valence-corrected chi connectivity index (χ0v) is 11.7. The summed E-state index contributed by atoms with van der Waals surface area (Å²) in [6.07, 6.45) is 0. The first kappa shape index (κ1) is 11.6. The standard InChI is InChI=1S/2C3H6NS.Sn/c2*1-4(2)3-5;/h2*1-2H3;. The Labute approximate surface area is 89.1 Å². The molecule has 0 rings (SSSR count). The van der Waals surface area contributed by atoms with Crippen LogP contribution in [0.3, 0.4) is 0 Å². The molecule has 0 aromatic heterocycles. The zero-order chi connectivity index (χ0) is 9.02. The van der Waals surface area contributed by atoms with Gasteiger partial charge in [-0.3, -0.25) is 0 Å². The summed E-state index contributed by atoms with van der Waals surface area (Å²) >= 11 is 9.53. The van der Waals surface area contributed by atoms with Crippen molar-refractivity contribution in [1.82, 2.24) is 9.80 Å². The summed E-state index contributed by atoms with van der Waals surface area (Å²) in [7, 11) is 7.89. The molecule has 0 bridgehead atoms. The Morgan fingerprint density at radius 2 is 1.18 bits per heavy atom. The Bertz CT molecular complexity index is 150. The van der Waals surface area contributed by atoms with Gasteiger partial charge in [0.25, 0.3) is 0 Å². The molecule has 0 aliphatic carbocycles. The SMILES string of the molecule is CN(C)[C](=S)[Sn][C](=S)N(C)C. The van der Waals surface area contributed by atoms with Gasteiger partial charge in [0.15, 0.2) is 0 Å². The molecule has 0 aromatic rings. The average Bonchev–Trinajstić information content (AvgIpc) is 1.87. The van der Waals surface area contributed by atoms with E-state index in [1.54, 1.807) is 0 Å². The molecule has 62 valence electrons. The Morgan fingerprint density at radius 1 is 0.909 bits per heavy atom. The van der Waals surface area contributed by atoms with Crippen molar-refractivity contribution in [1.29, 1.82) is 0 Å². The molecule has 0 atom stereocenters. The molecule has 0 fully saturated rings. The van der Waals surface area contributed by atoms with E-state index in [1.807, 2.05) is 38.0 Å². The molecule has 0 spiro atoms. The average molecular weight is 295 g/mol. The van der Waals surface area contributed by atoms with Gasteiger partial charge in [0.1, 0.15) is 0 Å². The molecule has 2 radical (unpaired) electrons. The summed E-state index contributed by atoms with van der Waals surface area (Å²) in [4.78, 5) is 3.97. The van der Waals surface area contributed by atoms with Crippen molar-refractivity contribution in [3.63, 3.8) is 0 Å². The zero-order valence-electron chi connectivity index (χ0n) is 7.21. The third-order valence-electron chi connectivity index (χ3n) is 1.03. The van der Waals surface area contributed by atoms with Crippen LogP contribution >= 0.6 is 24.4 Å². The molecule has 5 heteroatoms. The summed E-state index contributed by atoms with van der Waals surface area (Å²) in [5.74, 6) is 0. The first-order valence-corrected chi connectivity index (χ1v) is 6.81. The second kappa shape index (κ2) is 5.26. The van der Waals surface area contributed by atoms with Crippen molar-refractivity contribution in [2.24, 2.45) is 0 Å². The van der Waals surface area contributed by atoms with Gasteiger partial charge in [-0.15, -0.1) is 0 Å². The fraction of sp³-hybridized carbons (Fsp3) is 0.667. The molecular formula is C6H12N2S2Sn. The van der Waals surface area contributed by atoms with E-state index >= 15 is 0 Å². The van der Waals surface area contributed by atoms with Crippen molar-refractivity contribution < 1.29 is 0 Å². The maximum atomic E-state index is 5.16. The number of rotatable bonds is 2. The molecule has 0 aliphatic heterocycles. The summed E-state index contributed by atoms with van der Waals surface area (Å²) in [6, 6.07) is 0. The monoisotopic (exact) mass is 296 g/mol. The van der Waals surface area contributed by atoms with Gasteiger partial charge >= 0.3 is 89.6 Å². The van der Waals surface area contributed by atoms with Crippen LogP contribution in [0.15, 0.2) is 0 Å². The van der Waals surface area contributed by atoms with E-state index in [2.05, 4.69) is 0 Å². The van der Waals surface area contributed by atoms with E-state index in [9.17, 15) is 0 Å². The number of hydrogen-bond donors (Lipinski definition) is 0. The fourth-order valence-corrected chi connectivity index (χ4v) is 3.84. The van der Waals surface area contributed by atoms with E-state index in [0.29, 0.717) is 0 Å². The van der Waals surface area contributed by atoms with Gasteiger partial charge < -0.3 is 0 Å². The Hall–Kier alpha value is 0.579.